The van der Waals surface area contributed by atoms with Crippen LogP contribution < -0.4 is 11.1 Å². The van der Waals surface area contributed by atoms with Gasteiger partial charge in [0.25, 0.3) is 0 Å². The first-order chi connectivity index (χ1) is 5.17. The van der Waals surface area contributed by atoms with Crippen LogP contribution in [0.2, 0.25) is 6.32 Å². The zero-order chi connectivity index (χ0) is 8.32. The van der Waals surface area contributed by atoms with Gasteiger partial charge in [0.15, 0.2) is 0 Å². The average Bonchev–Trinajstić information content (AvgIpc) is 2.25. The third-order valence-electron chi connectivity index (χ3n) is 2.59. The molecule has 1 heterocycles. The standard InChI is InChI=1S/C8H17BN2/c1-8(10)6-11-5-7(8)3-2-4-9/h7,11H,2-6,10H2,1H3/t7-,8+/m1/s1. The maximum Gasteiger partial charge on any atom is 0.0653 e. The second kappa shape index (κ2) is 3.59. The molecule has 2 atom stereocenters. The van der Waals surface area contributed by atoms with Gasteiger partial charge in [-0.2, -0.15) is 0 Å². The molecule has 1 aliphatic rings. The summed E-state index contributed by atoms with van der Waals surface area (Å²) in [5, 5.41) is 3.31. The molecule has 1 fully saturated rings. The van der Waals surface area contributed by atoms with Crippen molar-refractivity contribution in [1.82, 2.24) is 5.32 Å². The molecule has 0 aromatic carbocycles. The molecular formula is C8H17BN2. The Hall–Kier alpha value is -0.0151. The Morgan fingerprint density at radius 3 is 2.91 bits per heavy atom. The molecule has 0 unspecified atom stereocenters. The lowest BCUT2D eigenvalue weighted by atomic mass is 9.84. The van der Waals surface area contributed by atoms with Crippen molar-refractivity contribution in [2.45, 2.75) is 31.6 Å². The predicted molar refractivity (Wildman–Crippen MR) is 48.7 cm³/mol. The maximum atomic E-state index is 6.06. The van der Waals surface area contributed by atoms with Gasteiger partial charge in [0.1, 0.15) is 0 Å². The quantitative estimate of drug-likeness (QED) is 0.570. The highest BCUT2D eigenvalue weighted by Gasteiger charge is 2.33. The Morgan fingerprint density at radius 1 is 1.73 bits per heavy atom. The van der Waals surface area contributed by atoms with Crippen LogP contribution in [0.5, 0.6) is 0 Å². The van der Waals surface area contributed by atoms with Crippen LogP contribution in [0, 0.1) is 5.92 Å². The van der Waals surface area contributed by atoms with Crippen molar-refractivity contribution in [2.75, 3.05) is 13.1 Å². The molecule has 11 heavy (non-hydrogen) atoms. The van der Waals surface area contributed by atoms with Gasteiger partial charge in [0, 0.05) is 12.1 Å². The van der Waals surface area contributed by atoms with Crippen molar-refractivity contribution < 1.29 is 0 Å². The molecule has 2 radical (unpaired) electrons. The fourth-order valence-corrected chi connectivity index (χ4v) is 1.69. The summed E-state index contributed by atoms with van der Waals surface area (Å²) in [4.78, 5) is 0. The molecule has 0 aromatic heterocycles. The predicted octanol–water partition coefficient (Wildman–Crippen LogP) is 0.290. The Morgan fingerprint density at radius 2 is 2.45 bits per heavy atom. The van der Waals surface area contributed by atoms with Crippen LogP contribution in [0.1, 0.15) is 19.8 Å². The first-order valence-electron chi connectivity index (χ1n) is 4.36. The van der Waals surface area contributed by atoms with Gasteiger partial charge in [-0.25, -0.2) is 0 Å². The number of hydrogen-bond donors (Lipinski definition) is 2. The normalized spacial score (nSPS) is 37.8. The van der Waals surface area contributed by atoms with E-state index in [2.05, 4.69) is 12.2 Å². The highest BCUT2D eigenvalue weighted by Crippen LogP contribution is 2.23. The maximum absolute atomic E-state index is 6.06. The topological polar surface area (TPSA) is 38.0 Å². The summed E-state index contributed by atoms with van der Waals surface area (Å²) in [6.45, 7) is 4.13. The lowest BCUT2D eigenvalue weighted by Crippen LogP contribution is -2.44. The van der Waals surface area contributed by atoms with Crippen molar-refractivity contribution >= 4 is 7.85 Å². The zero-order valence-electron chi connectivity index (χ0n) is 7.27. The molecule has 1 saturated heterocycles. The summed E-state index contributed by atoms with van der Waals surface area (Å²) in [7, 11) is 5.43. The molecule has 2 nitrogen and oxygen atoms in total. The summed E-state index contributed by atoms with van der Waals surface area (Å²) < 4.78 is 0. The number of nitrogens with one attached hydrogen (secondary N) is 1. The van der Waals surface area contributed by atoms with Crippen LogP contribution in [0.4, 0.5) is 0 Å². The number of hydrogen-bond acceptors (Lipinski definition) is 2. The van der Waals surface area contributed by atoms with E-state index < -0.39 is 0 Å². The summed E-state index contributed by atoms with van der Waals surface area (Å²) in [6.07, 6.45) is 3.04. The minimum atomic E-state index is -0.00479. The second-order valence-electron chi connectivity index (χ2n) is 3.76. The van der Waals surface area contributed by atoms with Crippen LogP contribution in [-0.4, -0.2) is 26.5 Å². The van der Waals surface area contributed by atoms with E-state index in [1.807, 2.05) is 0 Å². The molecule has 3 heteroatoms. The lowest BCUT2D eigenvalue weighted by molar-refractivity contribution is 0.352. The third-order valence-corrected chi connectivity index (χ3v) is 2.59. The van der Waals surface area contributed by atoms with Crippen molar-refractivity contribution in [2.24, 2.45) is 11.7 Å². The van der Waals surface area contributed by atoms with Gasteiger partial charge in [0.05, 0.1) is 7.85 Å². The third kappa shape index (κ3) is 2.21. The molecular weight excluding hydrogens is 135 g/mol. The van der Waals surface area contributed by atoms with Crippen molar-refractivity contribution in [3.05, 3.63) is 0 Å². The summed E-state index contributed by atoms with van der Waals surface area (Å²) in [5.41, 5.74) is 6.05. The first-order valence-corrected chi connectivity index (χ1v) is 4.36. The second-order valence-corrected chi connectivity index (χ2v) is 3.76. The highest BCUT2D eigenvalue weighted by atomic mass is 15.0. The van der Waals surface area contributed by atoms with Gasteiger partial charge in [-0.1, -0.05) is 12.7 Å². The summed E-state index contributed by atoms with van der Waals surface area (Å²) >= 11 is 0. The van der Waals surface area contributed by atoms with Gasteiger partial charge in [-0.15, -0.1) is 0 Å². The number of rotatable bonds is 3. The van der Waals surface area contributed by atoms with Gasteiger partial charge >= 0.3 is 0 Å². The van der Waals surface area contributed by atoms with E-state index in [1.54, 1.807) is 0 Å². The van der Waals surface area contributed by atoms with Gasteiger partial charge in [0.2, 0.25) is 0 Å². The molecule has 3 N–H and O–H groups in total. The van der Waals surface area contributed by atoms with Crippen LogP contribution >= 0.6 is 0 Å². The molecule has 1 aliphatic heterocycles. The molecule has 0 aliphatic carbocycles. The van der Waals surface area contributed by atoms with E-state index in [0.717, 1.165) is 32.3 Å². The zero-order valence-corrected chi connectivity index (χ0v) is 7.27. The first kappa shape index (κ1) is 9.08. The highest BCUT2D eigenvalue weighted by molar-refractivity contribution is 6.08. The fraction of sp³-hybridized carbons (Fsp3) is 1.00. The Labute approximate surface area is 70.3 Å². The Kier molecular flexibility index (Phi) is 2.96. The minimum Gasteiger partial charge on any atom is -0.324 e. The van der Waals surface area contributed by atoms with E-state index in [9.17, 15) is 0 Å². The van der Waals surface area contributed by atoms with E-state index in [1.165, 1.54) is 0 Å². The molecule has 0 saturated carbocycles. The molecule has 0 amide bonds. The van der Waals surface area contributed by atoms with Crippen LogP contribution in [0.3, 0.4) is 0 Å². The average molecular weight is 152 g/mol. The van der Waals surface area contributed by atoms with Crippen molar-refractivity contribution in [3.8, 4) is 0 Å². The summed E-state index contributed by atoms with van der Waals surface area (Å²) in [5.74, 6) is 0.617. The minimum absolute atomic E-state index is 0.00479. The van der Waals surface area contributed by atoms with E-state index >= 15 is 0 Å². The van der Waals surface area contributed by atoms with Gasteiger partial charge in [-0.3, -0.25) is 0 Å². The van der Waals surface area contributed by atoms with E-state index in [0.29, 0.717) is 5.92 Å². The lowest BCUT2D eigenvalue weighted by Gasteiger charge is -2.25. The number of nitrogens with two attached hydrogens (primary N) is 1. The van der Waals surface area contributed by atoms with E-state index in [4.69, 9.17) is 13.6 Å². The molecule has 0 aromatic rings. The molecule has 1 rings (SSSR count). The largest absolute Gasteiger partial charge is 0.324 e. The fourth-order valence-electron chi connectivity index (χ4n) is 1.69. The van der Waals surface area contributed by atoms with Crippen molar-refractivity contribution in [3.63, 3.8) is 0 Å². The molecule has 62 valence electrons. The molecule has 0 spiro atoms. The van der Waals surface area contributed by atoms with Crippen LogP contribution in [0.25, 0.3) is 0 Å². The summed E-state index contributed by atoms with van der Waals surface area (Å²) in [6, 6.07) is 0. The van der Waals surface area contributed by atoms with Crippen LogP contribution in [-0.2, 0) is 0 Å². The smallest absolute Gasteiger partial charge is 0.0653 e. The van der Waals surface area contributed by atoms with Gasteiger partial charge < -0.3 is 11.1 Å². The van der Waals surface area contributed by atoms with Crippen molar-refractivity contribution in [1.29, 1.82) is 0 Å². The van der Waals surface area contributed by atoms with E-state index in [-0.39, 0.29) is 5.54 Å². The van der Waals surface area contributed by atoms with Gasteiger partial charge in [-0.05, 0) is 25.8 Å². The van der Waals surface area contributed by atoms with Crippen LogP contribution in [0.15, 0.2) is 0 Å². The SMILES string of the molecule is [B]CCC[C@@H]1CNC[C@]1(C)N. The Balaban J connectivity index is 2.32. The monoisotopic (exact) mass is 152 g/mol. The molecule has 0 bridgehead atoms. The Bertz CT molecular complexity index is 125.